The van der Waals surface area contributed by atoms with E-state index >= 15 is 0 Å². The van der Waals surface area contributed by atoms with Gasteiger partial charge in [0.1, 0.15) is 12.6 Å². The lowest BCUT2D eigenvalue weighted by atomic mass is 9.94. The minimum Gasteiger partial charge on any atom is -0.352 e. The molecule has 1 saturated carbocycles. The van der Waals surface area contributed by atoms with Crippen LogP contribution >= 0.6 is 34.8 Å². The van der Waals surface area contributed by atoms with Gasteiger partial charge in [-0.05, 0) is 67.3 Å². The predicted molar refractivity (Wildman–Crippen MR) is 193 cm³/mol. The number of hydrogen-bond acceptors (Lipinski definition) is 4. The molecule has 252 valence electrons. The molecule has 1 atom stereocenters. The standard InChI is InChI=1S/C37H38Cl3N3O4S/c1-26-18-20-31(21-19-26)48(46,47)43(33-17-9-16-32(39)36(33)40)25-35(44)42(24-28-12-8-13-29(38)22-28)34(23-27-10-4-2-5-11-27)37(45)41-30-14-6-3-7-15-30/h2,4-5,8-13,16-22,30,34H,3,6-7,14-15,23-25H2,1H3,(H,41,45)/t34-/m0/s1. The summed E-state index contributed by atoms with van der Waals surface area (Å²) >= 11 is 19.3. The van der Waals surface area contributed by atoms with Gasteiger partial charge in [0.15, 0.2) is 0 Å². The molecular weight excluding hydrogens is 689 g/mol. The van der Waals surface area contributed by atoms with Gasteiger partial charge in [0.2, 0.25) is 11.8 Å². The minimum absolute atomic E-state index is 0.00340. The Labute approximate surface area is 297 Å². The number of rotatable bonds is 12. The summed E-state index contributed by atoms with van der Waals surface area (Å²) in [6.07, 6.45) is 5.10. The zero-order chi connectivity index (χ0) is 34.3. The average Bonchev–Trinajstić information content (AvgIpc) is 3.07. The van der Waals surface area contributed by atoms with Crippen LogP contribution < -0.4 is 9.62 Å². The Balaban J connectivity index is 1.59. The lowest BCUT2D eigenvalue weighted by molar-refractivity contribution is -0.140. The highest BCUT2D eigenvalue weighted by molar-refractivity contribution is 7.92. The van der Waals surface area contributed by atoms with Crippen LogP contribution in [0.25, 0.3) is 0 Å². The first-order valence-corrected chi connectivity index (χ1v) is 18.5. The van der Waals surface area contributed by atoms with Gasteiger partial charge < -0.3 is 10.2 Å². The van der Waals surface area contributed by atoms with Crippen molar-refractivity contribution in [3.8, 4) is 0 Å². The second kappa shape index (κ2) is 16.2. The van der Waals surface area contributed by atoms with E-state index in [2.05, 4.69) is 5.32 Å². The zero-order valence-electron chi connectivity index (χ0n) is 26.6. The molecule has 0 unspecified atom stereocenters. The van der Waals surface area contributed by atoms with Crippen LogP contribution in [0.4, 0.5) is 5.69 Å². The third-order valence-corrected chi connectivity index (χ3v) is 11.4. The number of sulfonamides is 1. The highest BCUT2D eigenvalue weighted by atomic mass is 35.5. The van der Waals surface area contributed by atoms with Crippen molar-refractivity contribution in [2.24, 2.45) is 0 Å². The molecular formula is C37H38Cl3N3O4S. The molecule has 1 aliphatic rings. The van der Waals surface area contributed by atoms with Crippen molar-refractivity contribution >= 4 is 62.3 Å². The number of hydrogen-bond donors (Lipinski definition) is 1. The molecule has 0 heterocycles. The Bertz CT molecular complexity index is 1830. The fourth-order valence-electron chi connectivity index (χ4n) is 5.97. The normalized spacial score (nSPS) is 14.2. The van der Waals surface area contributed by atoms with Gasteiger partial charge in [-0.3, -0.25) is 13.9 Å². The summed E-state index contributed by atoms with van der Waals surface area (Å²) in [6.45, 7) is 1.22. The molecule has 0 radical (unpaired) electrons. The molecule has 1 aliphatic carbocycles. The molecule has 0 aromatic heterocycles. The smallest absolute Gasteiger partial charge is 0.264 e. The fraction of sp³-hybridized carbons (Fsp3) is 0.297. The number of nitrogens with zero attached hydrogens (tertiary/aromatic N) is 2. The Morgan fingerprint density at radius 2 is 1.50 bits per heavy atom. The first-order valence-electron chi connectivity index (χ1n) is 15.9. The fourth-order valence-corrected chi connectivity index (χ4v) is 8.05. The van der Waals surface area contributed by atoms with Crippen LogP contribution in [0.2, 0.25) is 15.1 Å². The number of carbonyl (C=O) groups is 2. The van der Waals surface area contributed by atoms with Crippen LogP contribution in [0.3, 0.4) is 0 Å². The van der Waals surface area contributed by atoms with E-state index in [1.54, 1.807) is 42.5 Å². The summed E-state index contributed by atoms with van der Waals surface area (Å²) in [5, 5.41) is 3.80. The number of aryl methyl sites for hydroxylation is 1. The monoisotopic (exact) mass is 725 g/mol. The maximum atomic E-state index is 14.7. The van der Waals surface area contributed by atoms with Gasteiger partial charge in [0.05, 0.1) is 20.6 Å². The first kappa shape index (κ1) is 35.7. The maximum Gasteiger partial charge on any atom is 0.264 e. The maximum absolute atomic E-state index is 14.7. The van der Waals surface area contributed by atoms with Crippen LogP contribution in [0.1, 0.15) is 48.8 Å². The van der Waals surface area contributed by atoms with Gasteiger partial charge in [-0.1, -0.05) is 120 Å². The molecule has 0 aliphatic heterocycles. The molecule has 48 heavy (non-hydrogen) atoms. The van der Waals surface area contributed by atoms with E-state index in [-0.39, 0.29) is 45.5 Å². The van der Waals surface area contributed by atoms with E-state index in [0.717, 1.165) is 47.5 Å². The van der Waals surface area contributed by atoms with Crippen molar-refractivity contribution in [1.82, 2.24) is 10.2 Å². The third-order valence-electron chi connectivity index (χ3n) is 8.55. The first-order chi connectivity index (χ1) is 23.0. The molecule has 4 aromatic carbocycles. The molecule has 1 fully saturated rings. The van der Waals surface area contributed by atoms with E-state index in [9.17, 15) is 18.0 Å². The van der Waals surface area contributed by atoms with Crippen molar-refractivity contribution in [3.05, 3.63) is 129 Å². The van der Waals surface area contributed by atoms with Gasteiger partial charge in [0, 0.05) is 24.0 Å². The topological polar surface area (TPSA) is 86.8 Å². The summed E-state index contributed by atoms with van der Waals surface area (Å²) in [4.78, 5) is 30.4. The quantitative estimate of drug-likeness (QED) is 0.159. The van der Waals surface area contributed by atoms with Crippen molar-refractivity contribution < 1.29 is 18.0 Å². The SMILES string of the molecule is Cc1ccc(S(=O)(=O)N(CC(=O)N(Cc2cccc(Cl)c2)[C@@H](Cc2ccccc2)C(=O)NC2CCCCC2)c2cccc(Cl)c2Cl)cc1. The Kier molecular flexibility index (Phi) is 12.1. The molecule has 0 bridgehead atoms. The lowest BCUT2D eigenvalue weighted by Gasteiger charge is -2.35. The van der Waals surface area contributed by atoms with Gasteiger partial charge >= 0.3 is 0 Å². The van der Waals surface area contributed by atoms with E-state index < -0.39 is 28.5 Å². The van der Waals surface area contributed by atoms with Gasteiger partial charge in [-0.25, -0.2) is 8.42 Å². The Morgan fingerprint density at radius 1 is 0.833 bits per heavy atom. The number of halogens is 3. The summed E-state index contributed by atoms with van der Waals surface area (Å²) in [7, 11) is -4.32. The number of amides is 2. The van der Waals surface area contributed by atoms with Crippen LogP contribution in [-0.2, 0) is 32.6 Å². The molecule has 4 aromatic rings. The second-order valence-corrected chi connectivity index (χ2v) is 15.2. The summed E-state index contributed by atoms with van der Waals surface area (Å²) in [5.74, 6) is -0.892. The van der Waals surface area contributed by atoms with Crippen LogP contribution in [0.15, 0.2) is 102 Å². The van der Waals surface area contributed by atoms with E-state index in [1.807, 2.05) is 43.3 Å². The lowest BCUT2D eigenvalue weighted by Crippen LogP contribution is -2.55. The van der Waals surface area contributed by atoms with Crippen LogP contribution in [0, 0.1) is 6.92 Å². The largest absolute Gasteiger partial charge is 0.352 e. The highest BCUT2D eigenvalue weighted by Crippen LogP contribution is 2.36. The molecule has 11 heteroatoms. The van der Waals surface area contributed by atoms with Gasteiger partial charge in [-0.15, -0.1) is 0 Å². The molecule has 0 saturated heterocycles. The number of carbonyl (C=O) groups excluding carboxylic acids is 2. The molecule has 2 amide bonds. The number of anilines is 1. The van der Waals surface area contributed by atoms with E-state index in [1.165, 1.54) is 23.1 Å². The number of benzene rings is 4. The number of nitrogens with one attached hydrogen (secondary N) is 1. The summed E-state index contributed by atoms with van der Waals surface area (Å²) < 4.78 is 29.5. The summed E-state index contributed by atoms with van der Waals surface area (Å²) in [6, 6.07) is 26.5. The van der Waals surface area contributed by atoms with Gasteiger partial charge in [0.25, 0.3) is 10.0 Å². The zero-order valence-corrected chi connectivity index (χ0v) is 29.7. The minimum atomic E-state index is -4.32. The summed E-state index contributed by atoms with van der Waals surface area (Å²) in [5.41, 5.74) is 2.46. The van der Waals surface area contributed by atoms with Crippen LogP contribution in [0.5, 0.6) is 0 Å². The van der Waals surface area contributed by atoms with Crippen molar-refractivity contribution in [2.45, 2.75) is 69.0 Å². The third kappa shape index (κ3) is 8.91. The van der Waals surface area contributed by atoms with E-state index in [4.69, 9.17) is 34.8 Å². The molecule has 7 nitrogen and oxygen atoms in total. The molecule has 1 N–H and O–H groups in total. The average molecular weight is 727 g/mol. The molecule has 0 spiro atoms. The Hall–Kier alpha value is -3.56. The Morgan fingerprint density at radius 3 is 2.19 bits per heavy atom. The van der Waals surface area contributed by atoms with Crippen LogP contribution in [-0.4, -0.2) is 43.8 Å². The highest BCUT2D eigenvalue weighted by Gasteiger charge is 2.36. The van der Waals surface area contributed by atoms with Gasteiger partial charge in [-0.2, -0.15) is 0 Å². The van der Waals surface area contributed by atoms with Crippen molar-refractivity contribution in [1.29, 1.82) is 0 Å². The van der Waals surface area contributed by atoms with Crippen molar-refractivity contribution in [2.75, 3.05) is 10.8 Å². The second-order valence-electron chi connectivity index (χ2n) is 12.1. The predicted octanol–water partition coefficient (Wildman–Crippen LogP) is 8.24. The van der Waals surface area contributed by atoms with E-state index in [0.29, 0.717) is 10.6 Å². The molecule has 5 rings (SSSR count). The van der Waals surface area contributed by atoms with Crippen molar-refractivity contribution in [3.63, 3.8) is 0 Å².